The molecule has 0 unspecified atom stereocenters. The lowest BCUT2D eigenvalue weighted by Crippen LogP contribution is -1.78. The second-order valence-electron chi connectivity index (χ2n) is 1.65. The second kappa shape index (κ2) is 22.8. The van der Waals surface area contributed by atoms with E-state index < -0.39 is 5.97 Å². The van der Waals surface area contributed by atoms with Crippen molar-refractivity contribution < 1.29 is 19.7 Å². The summed E-state index contributed by atoms with van der Waals surface area (Å²) in [6.45, 7) is 3.33. The number of hydrogen-bond acceptors (Lipinski definition) is 3. The minimum atomic E-state index is -0.833. The first kappa shape index (κ1) is 16.8. The Labute approximate surface area is 67.8 Å². The number of carbonyl (C=O) groups is 1. The Bertz CT molecular complexity index is 57.5. The van der Waals surface area contributed by atoms with E-state index in [4.69, 9.17) is 15.0 Å². The predicted octanol–water partition coefficient (Wildman–Crippen LogP) is 0.742. The molecule has 0 aromatic heterocycles. The maximum atomic E-state index is 9.00. The summed E-state index contributed by atoms with van der Waals surface area (Å²) in [5, 5.41) is 15.3. The molecule has 4 nitrogen and oxygen atoms in total. The number of aliphatic hydroxyl groups is 1. The Morgan fingerprint density at radius 2 is 1.55 bits per heavy atom. The molecular weight excluding hydrogens is 148 g/mol. The van der Waals surface area contributed by atoms with Gasteiger partial charge in [0.15, 0.2) is 0 Å². The van der Waals surface area contributed by atoms with E-state index in [2.05, 4.69) is 4.74 Å². The predicted molar refractivity (Wildman–Crippen MR) is 43.6 cm³/mol. The lowest BCUT2D eigenvalue weighted by Gasteiger charge is -1.69. The van der Waals surface area contributed by atoms with Crippen molar-refractivity contribution in [2.75, 3.05) is 20.8 Å². The molecule has 0 spiro atoms. The molecule has 0 rings (SSSR count). The zero-order chi connectivity index (χ0) is 9.70. The van der Waals surface area contributed by atoms with Crippen LogP contribution in [0.15, 0.2) is 0 Å². The molecule has 0 aliphatic heterocycles. The number of rotatable bonds is 1. The monoisotopic (exact) mass is 166 g/mol. The van der Waals surface area contributed by atoms with Crippen molar-refractivity contribution in [1.82, 2.24) is 0 Å². The molecule has 0 heterocycles. The van der Waals surface area contributed by atoms with Crippen molar-refractivity contribution in [2.24, 2.45) is 0 Å². The van der Waals surface area contributed by atoms with Crippen molar-refractivity contribution in [3.8, 4) is 0 Å². The third-order valence-electron chi connectivity index (χ3n) is 0.224. The van der Waals surface area contributed by atoms with Gasteiger partial charge in [0.05, 0.1) is 0 Å². The van der Waals surface area contributed by atoms with Crippen molar-refractivity contribution >= 4 is 5.97 Å². The molecule has 4 heteroatoms. The van der Waals surface area contributed by atoms with Crippen LogP contribution in [-0.4, -0.2) is 37.0 Å². The zero-order valence-corrected chi connectivity index (χ0v) is 7.63. The fourth-order valence-corrected chi connectivity index (χ4v) is 0. The Kier molecular flexibility index (Phi) is 34.7. The number of hydrogen-bond donors (Lipinski definition) is 2. The molecule has 2 N–H and O–H groups in total. The smallest absolute Gasteiger partial charge is 0.300 e. The Hall–Kier alpha value is -0.610. The van der Waals surface area contributed by atoms with Gasteiger partial charge in [-0.2, -0.15) is 0 Å². The Morgan fingerprint density at radius 3 is 1.55 bits per heavy atom. The van der Waals surface area contributed by atoms with E-state index in [0.29, 0.717) is 6.61 Å². The number of ether oxygens (including phenoxy) is 1. The molecule has 0 bridgehead atoms. The molecule has 0 saturated heterocycles. The molecule has 0 aromatic rings. The first-order valence-corrected chi connectivity index (χ1v) is 3.27. The highest BCUT2D eigenvalue weighted by Crippen LogP contribution is 1.61. The van der Waals surface area contributed by atoms with E-state index >= 15 is 0 Å². The van der Waals surface area contributed by atoms with Crippen molar-refractivity contribution in [1.29, 1.82) is 0 Å². The van der Waals surface area contributed by atoms with Gasteiger partial charge in [-0.3, -0.25) is 4.79 Å². The Balaban J connectivity index is -0.0000000886. The maximum Gasteiger partial charge on any atom is 0.300 e. The van der Waals surface area contributed by atoms with Crippen LogP contribution in [0.4, 0.5) is 0 Å². The highest BCUT2D eigenvalue weighted by atomic mass is 16.4. The van der Waals surface area contributed by atoms with Gasteiger partial charge in [-0.05, 0) is 6.42 Å². The van der Waals surface area contributed by atoms with E-state index in [1.54, 1.807) is 14.2 Å². The summed E-state index contributed by atoms with van der Waals surface area (Å²) in [5.41, 5.74) is 0. The first-order chi connectivity index (χ1) is 5.06. The highest BCUT2D eigenvalue weighted by molar-refractivity contribution is 5.62. The zero-order valence-electron chi connectivity index (χ0n) is 7.63. The second-order valence-corrected chi connectivity index (χ2v) is 1.65. The minimum Gasteiger partial charge on any atom is -0.481 e. The van der Waals surface area contributed by atoms with Crippen molar-refractivity contribution in [3.05, 3.63) is 0 Å². The molecule has 0 amide bonds. The average Bonchev–Trinajstić information content (AvgIpc) is 1.88. The number of aliphatic carboxylic acids is 1. The number of carboxylic acid groups (broad SMARTS) is 1. The van der Waals surface area contributed by atoms with E-state index in [1.807, 2.05) is 6.92 Å². The van der Waals surface area contributed by atoms with E-state index in [-0.39, 0.29) is 0 Å². The summed E-state index contributed by atoms with van der Waals surface area (Å²) in [5.74, 6) is -0.833. The minimum absolute atomic E-state index is 0.319. The van der Waals surface area contributed by atoms with Crippen molar-refractivity contribution in [2.45, 2.75) is 20.3 Å². The third-order valence-corrected chi connectivity index (χ3v) is 0.224. The van der Waals surface area contributed by atoms with Gasteiger partial charge in [0, 0.05) is 27.8 Å². The molecule has 0 aliphatic carbocycles. The molecule has 11 heavy (non-hydrogen) atoms. The Morgan fingerprint density at radius 1 is 1.45 bits per heavy atom. The van der Waals surface area contributed by atoms with Gasteiger partial charge >= 0.3 is 0 Å². The van der Waals surface area contributed by atoms with Gasteiger partial charge in [0.2, 0.25) is 0 Å². The molecule has 0 aliphatic rings. The van der Waals surface area contributed by atoms with Gasteiger partial charge < -0.3 is 14.9 Å². The van der Waals surface area contributed by atoms with E-state index in [1.165, 1.54) is 0 Å². The lowest BCUT2D eigenvalue weighted by molar-refractivity contribution is -0.134. The SMILES string of the molecule is CC(=O)O.CCCO.COC. The first-order valence-electron chi connectivity index (χ1n) is 3.27. The highest BCUT2D eigenvalue weighted by Gasteiger charge is 1.65. The third kappa shape index (κ3) is 3370. The summed E-state index contributed by atoms with van der Waals surface area (Å²) >= 11 is 0. The van der Waals surface area contributed by atoms with Crippen LogP contribution in [0.1, 0.15) is 20.3 Å². The largest absolute Gasteiger partial charge is 0.481 e. The van der Waals surface area contributed by atoms with Crippen LogP contribution in [0, 0.1) is 0 Å². The fraction of sp³-hybridized carbons (Fsp3) is 0.857. The van der Waals surface area contributed by atoms with Gasteiger partial charge in [-0.1, -0.05) is 6.92 Å². The molecule has 0 radical (unpaired) electrons. The lowest BCUT2D eigenvalue weighted by atomic mass is 10.5. The van der Waals surface area contributed by atoms with Crippen molar-refractivity contribution in [3.63, 3.8) is 0 Å². The topological polar surface area (TPSA) is 66.8 Å². The maximum absolute atomic E-state index is 9.00. The van der Waals surface area contributed by atoms with Gasteiger partial charge in [0.25, 0.3) is 5.97 Å². The van der Waals surface area contributed by atoms with Crippen LogP contribution < -0.4 is 0 Å². The normalized spacial score (nSPS) is 6.64. The standard InChI is InChI=1S/C3H8O.C2H4O2.C2H6O/c1-2-3-4;1-2(3)4;1-3-2/h4H,2-3H2,1H3;1H3,(H,3,4);1-2H3. The molecular formula is C7H18O4. The van der Waals surface area contributed by atoms with Gasteiger partial charge in [-0.15, -0.1) is 0 Å². The van der Waals surface area contributed by atoms with Crippen LogP contribution in [0.5, 0.6) is 0 Å². The number of carboxylic acids is 1. The van der Waals surface area contributed by atoms with E-state index in [0.717, 1.165) is 13.3 Å². The van der Waals surface area contributed by atoms with E-state index in [9.17, 15) is 0 Å². The summed E-state index contributed by atoms with van der Waals surface area (Å²) in [6, 6.07) is 0. The molecule has 0 fully saturated rings. The van der Waals surface area contributed by atoms with Crippen LogP contribution in [0.2, 0.25) is 0 Å². The number of aliphatic hydroxyl groups excluding tert-OH is 1. The van der Waals surface area contributed by atoms with Crippen LogP contribution in [0.25, 0.3) is 0 Å². The molecule has 0 saturated carbocycles. The van der Waals surface area contributed by atoms with Gasteiger partial charge in [-0.25, -0.2) is 0 Å². The molecule has 0 atom stereocenters. The quantitative estimate of drug-likeness (QED) is 0.603. The molecule has 0 aromatic carbocycles. The van der Waals surface area contributed by atoms with Crippen LogP contribution >= 0.6 is 0 Å². The number of methoxy groups -OCH3 is 1. The van der Waals surface area contributed by atoms with Crippen LogP contribution in [0.3, 0.4) is 0 Å². The molecule has 70 valence electrons. The van der Waals surface area contributed by atoms with Crippen LogP contribution in [-0.2, 0) is 9.53 Å². The summed E-state index contributed by atoms with van der Waals surface area (Å²) in [4.78, 5) is 9.00. The average molecular weight is 166 g/mol. The summed E-state index contributed by atoms with van der Waals surface area (Å²) in [7, 11) is 3.25. The van der Waals surface area contributed by atoms with Gasteiger partial charge in [0.1, 0.15) is 0 Å². The summed E-state index contributed by atoms with van der Waals surface area (Å²) in [6.07, 6.45) is 0.875. The summed E-state index contributed by atoms with van der Waals surface area (Å²) < 4.78 is 4.25. The fourth-order valence-electron chi connectivity index (χ4n) is 0.